The molecule has 0 N–H and O–H groups in total. The van der Waals surface area contributed by atoms with Crippen molar-refractivity contribution in [1.29, 1.82) is 0 Å². The molecule has 0 atom stereocenters. The van der Waals surface area contributed by atoms with Crippen molar-refractivity contribution in [2.45, 2.75) is 58.2 Å². The van der Waals surface area contributed by atoms with E-state index in [1.54, 1.807) is 0 Å². The lowest BCUT2D eigenvalue weighted by atomic mass is 10.2. The number of rotatable bonds is 7. The topological polar surface area (TPSA) is 26.3 Å². The van der Waals surface area contributed by atoms with Gasteiger partial charge in [-0.2, -0.15) is 0 Å². The lowest BCUT2D eigenvalue weighted by molar-refractivity contribution is -0.107. The van der Waals surface area contributed by atoms with Crippen LogP contribution in [0.2, 0.25) is 18.1 Å². The molecule has 89 valence electrons. The van der Waals surface area contributed by atoms with E-state index in [9.17, 15) is 4.79 Å². The standard InChI is InChI=1S/C12H25O2Si/c1-12(2,3)15(4,5)14-11-9-7-6-8-10-13/h9-10H,6-8,11H2,1-5H3. The van der Waals surface area contributed by atoms with Gasteiger partial charge in [0.25, 0.3) is 0 Å². The van der Waals surface area contributed by atoms with Crippen molar-refractivity contribution >= 4 is 14.6 Å². The van der Waals surface area contributed by atoms with Gasteiger partial charge in [0.1, 0.15) is 6.29 Å². The summed E-state index contributed by atoms with van der Waals surface area (Å²) in [6.07, 6.45) is 5.71. The van der Waals surface area contributed by atoms with Crippen molar-refractivity contribution in [2.24, 2.45) is 0 Å². The zero-order valence-corrected chi connectivity index (χ0v) is 11.8. The summed E-state index contributed by atoms with van der Waals surface area (Å²) in [6.45, 7) is 12.0. The van der Waals surface area contributed by atoms with Gasteiger partial charge in [0.05, 0.1) is 0 Å². The van der Waals surface area contributed by atoms with Crippen LogP contribution < -0.4 is 0 Å². The summed E-state index contributed by atoms with van der Waals surface area (Å²) in [4.78, 5) is 10.1. The Balaban J connectivity index is 3.62. The minimum absolute atomic E-state index is 0.281. The van der Waals surface area contributed by atoms with Crippen LogP contribution in [0.15, 0.2) is 0 Å². The first-order valence-corrected chi connectivity index (χ1v) is 8.61. The molecule has 15 heavy (non-hydrogen) atoms. The van der Waals surface area contributed by atoms with E-state index >= 15 is 0 Å². The van der Waals surface area contributed by atoms with Crippen molar-refractivity contribution in [2.75, 3.05) is 6.61 Å². The minimum Gasteiger partial charge on any atom is -0.417 e. The summed E-state index contributed by atoms with van der Waals surface area (Å²) >= 11 is 0. The Hall–Kier alpha value is -0.153. The Morgan fingerprint density at radius 2 is 1.80 bits per heavy atom. The summed E-state index contributed by atoms with van der Waals surface area (Å²) in [6, 6.07) is 0. The number of aldehydes is 1. The number of hydrogen-bond donors (Lipinski definition) is 0. The van der Waals surface area contributed by atoms with Gasteiger partial charge in [-0.15, -0.1) is 0 Å². The monoisotopic (exact) mass is 229 g/mol. The number of carbonyl (C=O) groups excluding carboxylic acids is 1. The number of hydrogen-bond acceptors (Lipinski definition) is 2. The molecule has 2 nitrogen and oxygen atoms in total. The third-order valence-corrected chi connectivity index (χ3v) is 7.60. The molecular formula is C12H25O2Si. The molecule has 0 bridgehead atoms. The predicted octanol–water partition coefficient (Wildman–Crippen LogP) is 3.58. The molecule has 0 spiro atoms. The van der Waals surface area contributed by atoms with Crippen molar-refractivity contribution in [3.8, 4) is 0 Å². The first kappa shape index (κ1) is 14.8. The maximum absolute atomic E-state index is 10.1. The molecule has 0 aromatic rings. The lowest BCUT2D eigenvalue weighted by Gasteiger charge is -2.36. The maximum atomic E-state index is 10.1. The fourth-order valence-electron chi connectivity index (χ4n) is 0.913. The predicted molar refractivity (Wildman–Crippen MR) is 67.4 cm³/mol. The highest BCUT2D eigenvalue weighted by molar-refractivity contribution is 6.74. The smallest absolute Gasteiger partial charge is 0.191 e. The second-order valence-corrected chi connectivity index (χ2v) is 10.3. The van der Waals surface area contributed by atoms with Crippen LogP contribution in [0.25, 0.3) is 0 Å². The quantitative estimate of drug-likeness (QED) is 0.379. The Morgan fingerprint density at radius 3 is 2.27 bits per heavy atom. The Labute approximate surface area is 95.5 Å². The SMILES string of the molecule is CC(C)(C)[Si](C)(C)OC[CH]CCCC=O. The number of unbranched alkanes of at least 4 members (excludes halogenated alkanes) is 3. The maximum Gasteiger partial charge on any atom is 0.191 e. The normalized spacial score (nSPS) is 12.9. The van der Waals surface area contributed by atoms with E-state index in [2.05, 4.69) is 40.3 Å². The zero-order chi connectivity index (χ0) is 11.9. The van der Waals surface area contributed by atoms with Gasteiger partial charge in [0.2, 0.25) is 0 Å². The van der Waals surface area contributed by atoms with Crippen molar-refractivity contribution in [3.63, 3.8) is 0 Å². The number of carbonyl (C=O) groups is 1. The molecule has 1 radical (unpaired) electrons. The van der Waals surface area contributed by atoms with Gasteiger partial charge in [0.15, 0.2) is 8.32 Å². The molecule has 0 aliphatic rings. The molecule has 0 aromatic heterocycles. The summed E-state index contributed by atoms with van der Waals surface area (Å²) < 4.78 is 5.97. The molecule has 0 aliphatic heterocycles. The van der Waals surface area contributed by atoms with Gasteiger partial charge in [-0.25, -0.2) is 0 Å². The zero-order valence-electron chi connectivity index (χ0n) is 10.8. The second kappa shape index (κ2) is 6.43. The molecule has 0 unspecified atom stereocenters. The Bertz CT molecular complexity index is 183. The van der Waals surface area contributed by atoms with Crippen molar-refractivity contribution in [1.82, 2.24) is 0 Å². The molecule has 0 amide bonds. The molecule has 0 rings (SSSR count). The third kappa shape index (κ3) is 6.10. The van der Waals surface area contributed by atoms with Crippen LogP contribution >= 0.6 is 0 Å². The van der Waals surface area contributed by atoms with Crippen LogP contribution in [0.1, 0.15) is 40.0 Å². The molecule has 0 aliphatic carbocycles. The fourth-order valence-corrected chi connectivity index (χ4v) is 1.88. The largest absolute Gasteiger partial charge is 0.417 e. The molecule has 0 saturated heterocycles. The van der Waals surface area contributed by atoms with E-state index in [1.807, 2.05) is 0 Å². The molecule has 3 heteroatoms. The van der Waals surface area contributed by atoms with Gasteiger partial charge in [0, 0.05) is 13.0 Å². The minimum atomic E-state index is -1.57. The molecule has 0 heterocycles. The highest BCUT2D eigenvalue weighted by Gasteiger charge is 2.36. The van der Waals surface area contributed by atoms with Gasteiger partial charge in [-0.3, -0.25) is 0 Å². The summed E-state index contributed by atoms with van der Waals surface area (Å²) in [5.41, 5.74) is 0. The van der Waals surface area contributed by atoms with Gasteiger partial charge in [-0.1, -0.05) is 20.8 Å². The second-order valence-electron chi connectivity index (χ2n) is 5.46. The van der Waals surface area contributed by atoms with Crippen LogP contribution in [0.3, 0.4) is 0 Å². The van der Waals surface area contributed by atoms with Gasteiger partial charge in [-0.05, 0) is 37.4 Å². The van der Waals surface area contributed by atoms with E-state index in [0.29, 0.717) is 6.42 Å². The van der Waals surface area contributed by atoms with E-state index < -0.39 is 8.32 Å². The van der Waals surface area contributed by atoms with Crippen LogP contribution in [0.4, 0.5) is 0 Å². The summed E-state index contributed by atoms with van der Waals surface area (Å²) in [5, 5.41) is 0.281. The molecular weight excluding hydrogens is 204 g/mol. The third-order valence-electron chi connectivity index (χ3n) is 3.10. The van der Waals surface area contributed by atoms with E-state index in [4.69, 9.17) is 4.43 Å². The van der Waals surface area contributed by atoms with E-state index in [-0.39, 0.29) is 5.04 Å². The average Bonchev–Trinajstić information content (AvgIpc) is 2.09. The van der Waals surface area contributed by atoms with Gasteiger partial charge < -0.3 is 9.22 Å². The molecule has 0 aromatic carbocycles. The fraction of sp³-hybridized carbons (Fsp3) is 0.833. The van der Waals surface area contributed by atoms with Crippen molar-refractivity contribution < 1.29 is 9.22 Å². The highest BCUT2D eigenvalue weighted by Crippen LogP contribution is 2.36. The molecule has 0 saturated carbocycles. The van der Waals surface area contributed by atoms with Crippen LogP contribution in [-0.2, 0) is 9.22 Å². The van der Waals surface area contributed by atoms with E-state index in [1.165, 1.54) is 0 Å². The molecule has 0 fully saturated rings. The van der Waals surface area contributed by atoms with Gasteiger partial charge >= 0.3 is 0 Å². The Kier molecular flexibility index (Phi) is 6.37. The summed E-state index contributed by atoms with van der Waals surface area (Å²) in [7, 11) is -1.57. The highest BCUT2D eigenvalue weighted by atomic mass is 28.4. The summed E-state index contributed by atoms with van der Waals surface area (Å²) in [5.74, 6) is 0. The average molecular weight is 229 g/mol. The van der Waals surface area contributed by atoms with Crippen molar-refractivity contribution in [3.05, 3.63) is 6.42 Å². The van der Waals surface area contributed by atoms with Crippen LogP contribution in [0, 0.1) is 6.42 Å². The first-order valence-electron chi connectivity index (χ1n) is 5.70. The van der Waals surface area contributed by atoms with Crippen LogP contribution in [0.5, 0.6) is 0 Å². The van der Waals surface area contributed by atoms with Crippen LogP contribution in [-0.4, -0.2) is 21.2 Å². The van der Waals surface area contributed by atoms with E-state index in [0.717, 1.165) is 25.7 Å². The Morgan fingerprint density at radius 1 is 1.20 bits per heavy atom. The first-order chi connectivity index (χ1) is 6.81. The lowest BCUT2D eigenvalue weighted by Crippen LogP contribution is -2.41.